The zero-order chi connectivity index (χ0) is 24.3. The number of allylic oxidation sites excluding steroid dienone is 1. The van der Waals surface area contributed by atoms with Gasteiger partial charge in [0.25, 0.3) is 10.0 Å². The van der Waals surface area contributed by atoms with Crippen LogP contribution in [0.2, 0.25) is 0 Å². The van der Waals surface area contributed by atoms with Crippen LogP contribution in [0.25, 0.3) is 10.9 Å². The summed E-state index contributed by atoms with van der Waals surface area (Å²) in [5, 5.41) is 10.1. The van der Waals surface area contributed by atoms with Crippen LogP contribution in [0.4, 0.5) is 0 Å². The van der Waals surface area contributed by atoms with E-state index in [4.69, 9.17) is 9.47 Å². The predicted octanol–water partition coefficient (Wildman–Crippen LogP) is 3.59. The number of ether oxygens (including phenoxy) is 2. The van der Waals surface area contributed by atoms with Gasteiger partial charge in [-0.3, -0.25) is 4.79 Å². The fourth-order valence-corrected chi connectivity index (χ4v) is 5.39. The van der Waals surface area contributed by atoms with E-state index in [-0.39, 0.29) is 22.3 Å². The van der Waals surface area contributed by atoms with Crippen molar-refractivity contribution in [1.82, 2.24) is 8.87 Å². The van der Waals surface area contributed by atoms with Crippen molar-refractivity contribution in [2.75, 3.05) is 27.3 Å². The summed E-state index contributed by atoms with van der Waals surface area (Å²) in [5.74, 6) is -0.177. The highest BCUT2D eigenvalue weighted by Crippen LogP contribution is 2.31. The molecule has 0 unspecified atom stereocenters. The largest absolute Gasteiger partial charge is 0.490 e. The number of fused-ring (bicyclic) bond motifs is 1. The molecular weight excluding hydrogens is 454 g/mol. The minimum atomic E-state index is -4.15. The minimum Gasteiger partial charge on any atom is -0.490 e. The molecule has 0 spiro atoms. The third-order valence-corrected chi connectivity index (χ3v) is 7.21. The molecule has 0 bridgehead atoms. The van der Waals surface area contributed by atoms with E-state index in [0.717, 1.165) is 16.8 Å². The molecule has 2 aromatic carbocycles. The number of nitrogens with zero attached hydrogens (tertiary/aromatic N) is 3. The highest BCUT2D eigenvalue weighted by Gasteiger charge is 2.28. The second-order valence-electron chi connectivity index (χ2n) is 8.21. The highest BCUT2D eigenvalue weighted by molar-refractivity contribution is 7.90. The van der Waals surface area contributed by atoms with Crippen LogP contribution in [-0.2, 0) is 14.8 Å². The zero-order valence-corrected chi connectivity index (χ0v) is 19.8. The van der Waals surface area contributed by atoms with E-state index in [1.165, 1.54) is 24.4 Å². The molecule has 8 nitrogen and oxygen atoms in total. The topological polar surface area (TPSA) is 102 Å². The van der Waals surface area contributed by atoms with E-state index in [9.17, 15) is 18.5 Å². The molecule has 1 aromatic heterocycles. The third-order valence-electron chi connectivity index (χ3n) is 5.47. The standard InChI is InChI=1S/C25H25N3O5S/c1-27(2)17-19(16-26)25(29)24-14-18-8-9-21(33-20-10-12-32-13-11-20)15-23(18)28(24)34(30,31)22-6-4-3-5-7-22/h3-9,14-15,17,20H,10-13H2,1-2H3. The highest BCUT2D eigenvalue weighted by atomic mass is 32.2. The molecule has 34 heavy (non-hydrogen) atoms. The van der Waals surface area contributed by atoms with Crippen molar-refractivity contribution in [2.24, 2.45) is 0 Å². The number of rotatable bonds is 7. The number of nitriles is 1. The summed E-state index contributed by atoms with van der Waals surface area (Å²) in [4.78, 5) is 14.9. The van der Waals surface area contributed by atoms with Gasteiger partial charge in [-0.2, -0.15) is 5.26 Å². The zero-order valence-electron chi connectivity index (χ0n) is 19.0. The number of carbonyl (C=O) groups is 1. The van der Waals surface area contributed by atoms with Crippen molar-refractivity contribution in [1.29, 1.82) is 5.26 Å². The van der Waals surface area contributed by atoms with Crippen LogP contribution in [0.1, 0.15) is 23.3 Å². The molecule has 1 saturated heterocycles. The van der Waals surface area contributed by atoms with E-state index in [1.807, 2.05) is 6.07 Å². The van der Waals surface area contributed by atoms with Gasteiger partial charge in [-0.05, 0) is 30.3 Å². The molecule has 9 heteroatoms. The van der Waals surface area contributed by atoms with Gasteiger partial charge in [0.1, 0.15) is 29.2 Å². The van der Waals surface area contributed by atoms with Crippen molar-refractivity contribution in [3.05, 3.63) is 72.1 Å². The van der Waals surface area contributed by atoms with Crippen LogP contribution < -0.4 is 4.74 Å². The van der Waals surface area contributed by atoms with Gasteiger partial charge in [-0.25, -0.2) is 12.4 Å². The number of carbonyl (C=O) groups excluding carboxylic acids is 1. The molecule has 0 atom stereocenters. The molecule has 1 fully saturated rings. The van der Waals surface area contributed by atoms with Gasteiger partial charge < -0.3 is 14.4 Å². The fourth-order valence-electron chi connectivity index (χ4n) is 3.87. The Hall–Kier alpha value is -3.61. The molecule has 0 N–H and O–H groups in total. The van der Waals surface area contributed by atoms with Gasteiger partial charge in [-0.15, -0.1) is 0 Å². The first kappa shape index (κ1) is 23.5. The molecule has 4 rings (SSSR count). The molecule has 1 aliphatic heterocycles. The van der Waals surface area contributed by atoms with E-state index in [1.54, 1.807) is 55.4 Å². The first-order valence-corrected chi connectivity index (χ1v) is 12.3. The van der Waals surface area contributed by atoms with E-state index in [0.29, 0.717) is 29.9 Å². The Kier molecular flexibility index (Phi) is 6.72. The maximum Gasteiger partial charge on any atom is 0.268 e. The number of Topliss-reactive ketones (excluding diaryl/α,β-unsaturated/α-hetero) is 1. The van der Waals surface area contributed by atoms with Gasteiger partial charge in [-0.1, -0.05) is 18.2 Å². The summed E-state index contributed by atoms with van der Waals surface area (Å²) in [6.45, 7) is 1.22. The van der Waals surface area contributed by atoms with Gasteiger partial charge in [0.2, 0.25) is 5.78 Å². The van der Waals surface area contributed by atoms with Gasteiger partial charge in [0, 0.05) is 44.6 Å². The number of hydrogen-bond donors (Lipinski definition) is 0. The Bertz CT molecular complexity index is 1380. The number of ketones is 1. The van der Waals surface area contributed by atoms with E-state index < -0.39 is 15.8 Å². The van der Waals surface area contributed by atoms with Gasteiger partial charge in [0.05, 0.1) is 23.6 Å². The van der Waals surface area contributed by atoms with Crippen LogP contribution in [0.15, 0.2) is 71.3 Å². The van der Waals surface area contributed by atoms with Gasteiger partial charge in [0.15, 0.2) is 0 Å². The lowest BCUT2D eigenvalue weighted by Crippen LogP contribution is -2.25. The summed E-state index contributed by atoms with van der Waals surface area (Å²) in [7, 11) is -0.785. The first-order chi connectivity index (χ1) is 16.3. The Labute approximate surface area is 198 Å². The van der Waals surface area contributed by atoms with Crippen LogP contribution in [0, 0.1) is 11.3 Å². The maximum atomic E-state index is 13.7. The number of benzene rings is 2. The fraction of sp³-hybridized carbons (Fsp3) is 0.280. The number of aromatic nitrogens is 1. The molecule has 2 heterocycles. The van der Waals surface area contributed by atoms with Crippen molar-refractivity contribution < 1.29 is 22.7 Å². The molecular formula is C25H25N3O5S. The normalized spacial score (nSPS) is 15.1. The molecule has 0 radical (unpaired) electrons. The molecule has 0 aliphatic carbocycles. The first-order valence-electron chi connectivity index (χ1n) is 10.8. The third kappa shape index (κ3) is 4.69. The van der Waals surface area contributed by atoms with Crippen LogP contribution >= 0.6 is 0 Å². The summed E-state index contributed by atoms with van der Waals surface area (Å²) >= 11 is 0. The van der Waals surface area contributed by atoms with Crippen molar-refractivity contribution in [2.45, 2.75) is 23.8 Å². The lowest BCUT2D eigenvalue weighted by molar-refractivity contribution is 0.0256. The SMILES string of the molecule is CN(C)C=C(C#N)C(=O)c1cc2ccc(OC3CCOCC3)cc2n1S(=O)(=O)c1ccccc1. The van der Waals surface area contributed by atoms with Crippen molar-refractivity contribution >= 4 is 26.7 Å². The molecule has 3 aromatic rings. The monoisotopic (exact) mass is 479 g/mol. The summed E-state index contributed by atoms with van der Waals surface area (Å²) < 4.78 is 39.9. The Morgan fingerprint density at radius 2 is 1.85 bits per heavy atom. The van der Waals surface area contributed by atoms with Crippen LogP contribution in [0.5, 0.6) is 5.75 Å². The van der Waals surface area contributed by atoms with Crippen LogP contribution in [-0.4, -0.2) is 56.5 Å². The second kappa shape index (κ2) is 9.71. The predicted molar refractivity (Wildman–Crippen MR) is 127 cm³/mol. The minimum absolute atomic E-state index is 0.0327. The van der Waals surface area contributed by atoms with Crippen molar-refractivity contribution in [3.63, 3.8) is 0 Å². The Morgan fingerprint density at radius 3 is 2.50 bits per heavy atom. The van der Waals surface area contributed by atoms with Gasteiger partial charge >= 0.3 is 0 Å². The summed E-state index contributed by atoms with van der Waals surface area (Å²) in [5.41, 5.74) is 0.0200. The molecule has 176 valence electrons. The summed E-state index contributed by atoms with van der Waals surface area (Å²) in [6.07, 6.45) is 2.83. The van der Waals surface area contributed by atoms with E-state index in [2.05, 4.69) is 0 Å². The second-order valence-corrected chi connectivity index (χ2v) is 10.00. The van der Waals surface area contributed by atoms with Crippen molar-refractivity contribution in [3.8, 4) is 11.8 Å². The molecule has 0 amide bonds. The smallest absolute Gasteiger partial charge is 0.268 e. The summed E-state index contributed by atoms with van der Waals surface area (Å²) in [6, 6.07) is 16.4. The Balaban J connectivity index is 1.90. The van der Waals surface area contributed by atoms with E-state index >= 15 is 0 Å². The quantitative estimate of drug-likeness (QED) is 0.290. The molecule has 0 saturated carbocycles. The lowest BCUT2D eigenvalue weighted by Gasteiger charge is -2.23. The van der Waals surface area contributed by atoms with Crippen LogP contribution in [0.3, 0.4) is 0 Å². The maximum absolute atomic E-state index is 13.7. The number of hydrogen-bond acceptors (Lipinski definition) is 7. The molecule has 1 aliphatic rings. The Morgan fingerprint density at radius 1 is 1.15 bits per heavy atom. The lowest BCUT2D eigenvalue weighted by atomic mass is 10.1. The average Bonchev–Trinajstić information content (AvgIpc) is 3.23. The average molecular weight is 480 g/mol.